The zero-order chi connectivity index (χ0) is 39.8. The predicted octanol–water partition coefficient (Wildman–Crippen LogP) is 16.1. The predicted molar refractivity (Wildman–Crippen MR) is 255 cm³/mol. The maximum Gasteiger partial charge on any atom is 0.0546 e. The van der Waals surface area contributed by atoms with Crippen LogP contribution in [-0.4, -0.2) is 4.57 Å². The van der Waals surface area contributed by atoms with Gasteiger partial charge in [-0.1, -0.05) is 176 Å². The highest BCUT2D eigenvalue weighted by atomic mass is 15.1. The van der Waals surface area contributed by atoms with Crippen molar-refractivity contribution in [1.29, 1.82) is 0 Å². The van der Waals surface area contributed by atoms with E-state index in [9.17, 15) is 0 Å². The molecule has 0 aliphatic heterocycles. The van der Waals surface area contributed by atoms with E-state index in [0.29, 0.717) is 0 Å². The summed E-state index contributed by atoms with van der Waals surface area (Å²) in [6.07, 6.45) is 0. The van der Waals surface area contributed by atoms with E-state index < -0.39 is 0 Å². The molecule has 1 heterocycles. The number of aromatic nitrogens is 1. The van der Waals surface area contributed by atoms with Gasteiger partial charge in [0.15, 0.2) is 0 Å². The van der Waals surface area contributed by atoms with Crippen LogP contribution in [0.15, 0.2) is 243 Å². The van der Waals surface area contributed by atoms with E-state index in [4.69, 9.17) is 0 Å². The van der Waals surface area contributed by atoms with Crippen LogP contribution in [0, 0.1) is 0 Å². The highest BCUT2D eigenvalue weighted by molar-refractivity contribution is 6.09. The van der Waals surface area contributed by atoms with E-state index >= 15 is 0 Å². The topological polar surface area (TPSA) is 8.17 Å². The molecule has 10 aromatic carbocycles. The monoisotopic (exact) mass is 764 g/mol. The molecule has 11 rings (SSSR count). The standard InChI is InChI=1S/C58H40N2/c1-4-16-41(17-5-1)44-28-32-50(33-29-44)59(58-40-49(43-20-8-3-9-21-43)36-46-22-10-11-23-53(46)58)51-34-30-45(31-35-51)48-37-47(42-18-6-2-7-19-42)38-52(39-48)60-56-26-14-12-24-54(56)55-25-13-15-27-57(55)60/h1-40H. The van der Waals surface area contributed by atoms with Gasteiger partial charge in [0, 0.05) is 33.2 Å². The largest absolute Gasteiger partial charge is 0.310 e. The van der Waals surface area contributed by atoms with Crippen LogP contribution in [-0.2, 0) is 0 Å². The van der Waals surface area contributed by atoms with Crippen LogP contribution < -0.4 is 4.90 Å². The molecule has 0 saturated carbocycles. The first-order valence-corrected chi connectivity index (χ1v) is 20.6. The molecular formula is C58H40N2. The third-order valence-electron chi connectivity index (χ3n) is 11.7. The van der Waals surface area contributed by atoms with E-state index in [1.165, 1.54) is 66.0 Å². The van der Waals surface area contributed by atoms with Crippen LogP contribution in [0.5, 0.6) is 0 Å². The number of hydrogen-bond acceptors (Lipinski definition) is 1. The average Bonchev–Trinajstić information content (AvgIpc) is 3.67. The van der Waals surface area contributed by atoms with Crippen molar-refractivity contribution in [2.24, 2.45) is 0 Å². The van der Waals surface area contributed by atoms with Gasteiger partial charge in [-0.25, -0.2) is 0 Å². The highest BCUT2D eigenvalue weighted by Crippen LogP contribution is 2.43. The summed E-state index contributed by atoms with van der Waals surface area (Å²) < 4.78 is 2.42. The van der Waals surface area contributed by atoms with Gasteiger partial charge in [-0.2, -0.15) is 0 Å². The Bertz CT molecular complexity index is 3220. The minimum absolute atomic E-state index is 1.09. The molecular weight excluding hydrogens is 725 g/mol. The van der Waals surface area contributed by atoms with Crippen LogP contribution in [0.25, 0.3) is 82.8 Å². The maximum absolute atomic E-state index is 2.42. The highest BCUT2D eigenvalue weighted by Gasteiger charge is 2.19. The number of hydrogen-bond donors (Lipinski definition) is 0. The van der Waals surface area contributed by atoms with E-state index in [0.717, 1.165) is 33.9 Å². The molecule has 60 heavy (non-hydrogen) atoms. The zero-order valence-electron chi connectivity index (χ0n) is 33.0. The Morgan fingerprint density at radius 1 is 0.267 bits per heavy atom. The zero-order valence-corrected chi connectivity index (χ0v) is 33.0. The van der Waals surface area contributed by atoms with E-state index in [1.807, 2.05) is 0 Å². The van der Waals surface area contributed by atoms with Crippen molar-refractivity contribution in [3.8, 4) is 50.2 Å². The van der Waals surface area contributed by atoms with E-state index in [2.05, 4.69) is 252 Å². The molecule has 0 spiro atoms. The van der Waals surface area contributed by atoms with Gasteiger partial charge in [0.25, 0.3) is 0 Å². The normalized spacial score (nSPS) is 11.3. The number of nitrogens with zero attached hydrogens (tertiary/aromatic N) is 2. The van der Waals surface area contributed by atoms with E-state index in [1.54, 1.807) is 0 Å². The summed E-state index contributed by atoms with van der Waals surface area (Å²) >= 11 is 0. The van der Waals surface area contributed by atoms with Gasteiger partial charge in [0.05, 0.1) is 16.7 Å². The fourth-order valence-corrected chi connectivity index (χ4v) is 8.84. The first-order chi connectivity index (χ1) is 29.7. The Hall–Kier alpha value is -7.94. The second-order valence-electron chi connectivity index (χ2n) is 15.4. The molecule has 0 radical (unpaired) electrons. The Labute approximate surface area is 350 Å². The lowest BCUT2D eigenvalue weighted by molar-refractivity contribution is 1.18. The Morgan fingerprint density at radius 2 is 0.650 bits per heavy atom. The quantitative estimate of drug-likeness (QED) is 0.150. The Morgan fingerprint density at radius 3 is 1.17 bits per heavy atom. The van der Waals surface area contributed by atoms with Gasteiger partial charge in [0.1, 0.15) is 0 Å². The minimum Gasteiger partial charge on any atom is -0.310 e. The molecule has 0 aliphatic rings. The Balaban J connectivity index is 1.08. The SMILES string of the molecule is c1ccc(-c2ccc(N(c3ccc(-c4cc(-c5ccccc5)cc(-n5c6ccccc6c6ccccc65)c4)cc3)c3cc(-c4ccccc4)cc4ccccc34)cc2)cc1. The van der Waals surface area contributed by atoms with Crippen molar-refractivity contribution in [3.63, 3.8) is 0 Å². The van der Waals surface area contributed by atoms with Crippen molar-refractivity contribution in [3.05, 3.63) is 243 Å². The summed E-state index contributed by atoms with van der Waals surface area (Å²) in [7, 11) is 0. The van der Waals surface area contributed by atoms with Gasteiger partial charge in [-0.3, -0.25) is 0 Å². The van der Waals surface area contributed by atoms with Crippen molar-refractivity contribution in [2.75, 3.05) is 4.90 Å². The molecule has 0 fully saturated rings. The van der Waals surface area contributed by atoms with Crippen molar-refractivity contribution >= 4 is 49.6 Å². The molecule has 1 aromatic heterocycles. The second-order valence-corrected chi connectivity index (χ2v) is 15.4. The van der Waals surface area contributed by atoms with Crippen LogP contribution in [0.2, 0.25) is 0 Å². The van der Waals surface area contributed by atoms with Crippen LogP contribution >= 0.6 is 0 Å². The first kappa shape index (κ1) is 35.2. The fourth-order valence-electron chi connectivity index (χ4n) is 8.84. The molecule has 0 unspecified atom stereocenters. The van der Waals surface area contributed by atoms with Crippen LogP contribution in [0.1, 0.15) is 0 Å². The van der Waals surface area contributed by atoms with Gasteiger partial charge < -0.3 is 9.47 Å². The lowest BCUT2D eigenvalue weighted by atomic mass is 9.96. The molecule has 2 nitrogen and oxygen atoms in total. The number of para-hydroxylation sites is 2. The second kappa shape index (κ2) is 15.1. The molecule has 0 bridgehead atoms. The van der Waals surface area contributed by atoms with Crippen LogP contribution in [0.3, 0.4) is 0 Å². The molecule has 2 heteroatoms. The number of rotatable bonds is 8. The summed E-state index contributed by atoms with van der Waals surface area (Å²) in [5, 5.41) is 4.90. The third kappa shape index (κ3) is 6.41. The van der Waals surface area contributed by atoms with Crippen molar-refractivity contribution in [2.45, 2.75) is 0 Å². The number of benzene rings is 10. The molecule has 11 aromatic rings. The summed E-state index contributed by atoms with van der Waals surface area (Å²) in [6.45, 7) is 0. The number of fused-ring (bicyclic) bond motifs is 4. The summed E-state index contributed by atoms with van der Waals surface area (Å²) in [6, 6.07) is 88.0. The van der Waals surface area contributed by atoms with Gasteiger partial charge in [-0.05, 0) is 117 Å². The summed E-state index contributed by atoms with van der Waals surface area (Å²) in [5.74, 6) is 0. The lowest BCUT2D eigenvalue weighted by Crippen LogP contribution is -2.10. The fraction of sp³-hybridized carbons (Fsp3) is 0. The first-order valence-electron chi connectivity index (χ1n) is 20.6. The molecule has 0 amide bonds. The van der Waals surface area contributed by atoms with Crippen molar-refractivity contribution < 1.29 is 0 Å². The summed E-state index contributed by atoms with van der Waals surface area (Å²) in [4.78, 5) is 2.41. The molecule has 0 saturated heterocycles. The third-order valence-corrected chi connectivity index (χ3v) is 11.7. The smallest absolute Gasteiger partial charge is 0.0546 e. The molecule has 282 valence electrons. The Kier molecular flexibility index (Phi) is 8.87. The number of anilines is 3. The lowest BCUT2D eigenvalue weighted by Gasteiger charge is -2.28. The van der Waals surface area contributed by atoms with Gasteiger partial charge >= 0.3 is 0 Å². The van der Waals surface area contributed by atoms with Gasteiger partial charge in [-0.15, -0.1) is 0 Å². The van der Waals surface area contributed by atoms with Gasteiger partial charge in [0.2, 0.25) is 0 Å². The minimum atomic E-state index is 1.09. The summed E-state index contributed by atoms with van der Waals surface area (Å²) in [5.41, 5.74) is 16.3. The van der Waals surface area contributed by atoms with E-state index in [-0.39, 0.29) is 0 Å². The maximum atomic E-state index is 2.42. The molecule has 0 atom stereocenters. The molecule has 0 N–H and O–H groups in total. The van der Waals surface area contributed by atoms with Crippen molar-refractivity contribution in [1.82, 2.24) is 4.57 Å². The van der Waals surface area contributed by atoms with Crippen LogP contribution in [0.4, 0.5) is 17.1 Å². The molecule has 0 aliphatic carbocycles. The average molecular weight is 765 g/mol.